The molecule has 0 spiro atoms. The average molecular weight is 409 g/mol. The number of fused-ring (bicyclic) bond motifs is 1. The van der Waals surface area contributed by atoms with Gasteiger partial charge in [0.2, 0.25) is 6.79 Å². The van der Waals surface area contributed by atoms with E-state index in [1.54, 1.807) is 12.1 Å². The number of nitrogens with zero attached hydrogens (tertiary/aromatic N) is 1. The molecular weight excluding hydrogens is 392 g/mol. The molecular formula is C22H17ClN2O4. The van der Waals surface area contributed by atoms with Crippen LogP contribution in [0.5, 0.6) is 17.2 Å². The van der Waals surface area contributed by atoms with Crippen LogP contribution in [0.3, 0.4) is 0 Å². The molecule has 4 rings (SSSR count). The lowest BCUT2D eigenvalue weighted by Crippen LogP contribution is -2.24. The van der Waals surface area contributed by atoms with Crippen LogP contribution in [-0.4, -0.2) is 25.5 Å². The highest BCUT2D eigenvalue weighted by atomic mass is 35.5. The molecule has 0 atom stereocenters. The van der Waals surface area contributed by atoms with Crippen molar-refractivity contribution in [2.75, 3.05) is 13.4 Å². The van der Waals surface area contributed by atoms with Crippen molar-refractivity contribution >= 4 is 23.7 Å². The van der Waals surface area contributed by atoms with E-state index in [-0.39, 0.29) is 19.3 Å². The zero-order valence-electron chi connectivity index (χ0n) is 15.3. The van der Waals surface area contributed by atoms with Gasteiger partial charge in [-0.3, -0.25) is 4.79 Å². The van der Waals surface area contributed by atoms with Gasteiger partial charge in [0.1, 0.15) is 5.75 Å². The third kappa shape index (κ3) is 4.67. The van der Waals surface area contributed by atoms with Gasteiger partial charge < -0.3 is 14.2 Å². The second-order valence-electron chi connectivity index (χ2n) is 6.20. The first-order chi connectivity index (χ1) is 14.2. The summed E-state index contributed by atoms with van der Waals surface area (Å²) in [5.74, 6) is 1.39. The second kappa shape index (κ2) is 8.67. The summed E-state index contributed by atoms with van der Waals surface area (Å²) < 4.78 is 16.0. The number of amides is 1. The van der Waals surface area contributed by atoms with Crippen molar-refractivity contribution in [3.63, 3.8) is 0 Å². The van der Waals surface area contributed by atoms with Crippen molar-refractivity contribution in [1.29, 1.82) is 0 Å². The average Bonchev–Trinajstić information content (AvgIpc) is 3.20. The zero-order valence-corrected chi connectivity index (χ0v) is 16.1. The molecule has 0 aromatic heterocycles. The smallest absolute Gasteiger partial charge is 0.277 e. The molecule has 0 saturated heterocycles. The van der Waals surface area contributed by atoms with Crippen LogP contribution in [-0.2, 0) is 4.79 Å². The Balaban J connectivity index is 1.29. The molecule has 0 aliphatic carbocycles. The van der Waals surface area contributed by atoms with Gasteiger partial charge in [-0.25, -0.2) is 5.43 Å². The normalized spacial score (nSPS) is 12.2. The standard InChI is InChI=1S/C22H17ClN2O4/c23-19-11-21-20(28-14-29-21)10-17(19)12-24-25-22(26)13-27-18-8-6-16(7-9-18)15-4-2-1-3-5-15/h1-12H,13-14H2,(H,25,26). The maximum atomic E-state index is 11.9. The van der Waals surface area contributed by atoms with E-state index in [0.717, 1.165) is 11.1 Å². The molecule has 1 heterocycles. The lowest BCUT2D eigenvalue weighted by molar-refractivity contribution is -0.123. The van der Waals surface area contributed by atoms with Crippen molar-refractivity contribution < 1.29 is 19.0 Å². The summed E-state index contributed by atoms with van der Waals surface area (Å²) in [4.78, 5) is 11.9. The molecule has 0 unspecified atom stereocenters. The monoisotopic (exact) mass is 408 g/mol. The van der Waals surface area contributed by atoms with Gasteiger partial charge in [-0.05, 0) is 29.3 Å². The summed E-state index contributed by atoms with van der Waals surface area (Å²) in [6, 6.07) is 20.9. The van der Waals surface area contributed by atoms with Crippen LogP contribution in [0, 0.1) is 0 Å². The predicted octanol–water partition coefficient (Wildman–Crippen LogP) is 4.26. The minimum atomic E-state index is -0.384. The third-order valence-electron chi connectivity index (χ3n) is 4.22. The Bertz CT molecular complexity index is 1040. The Morgan fingerprint density at radius 1 is 1.03 bits per heavy atom. The fourth-order valence-electron chi connectivity index (χ4n) is 2.76. The molecule has 0 radical (unpaired) electrons. The van der Waals surface area contributed by atoms with Gasteiger partial charge in [-0.2, -0.15) is 5.10 Å². The van der Waals surface area contributed by atoms with Crippen LogP contribution in [0.15, 0.2) is 71.8 Å². The van der Waals surface area contributed by atoms with Crippen LogP contribution in [0.4, 0.5) is 0 Å². The number of halogens is 1. The van der Waals surface area contributed by atoms with E-state index in [1.165, 1.54) is 6.21 Å². The number of carbonyl (C=O) groups excluding carboxylic acids is 1. The van der Waals surface area contributed by atoms with E-state index in [1.807, 2.05) is 54.6 Å². The quantitative estimate of drug-likeness (QED) is 0.488. The van der Waals surface area contributed by atoms with Crippen LogP contribution in [0.2, 0.25) is 5.02 Å². The molecule has 0 saturated carbocycles. The van der Waals surface area contributed by atoms with Crippen molar-refractivity contribution in [2.24, 2.45) is 5.10 Å². The molecule has 1 aliphatic rings. The van der Waals surface area contributed by atoms with Crippen molar-refractivity contribution in [3.05, 3.63) is 77.3 Å². The molecule has 0 fully saturated rings. The first-order valence-corrected chi connectivity index (χ1v) is 9.26. The molecule has 3 aromatic rings. The Morgan fingerprint density at radius 3 is 2.48 bits per heavy atom. The highest BCUT2D eigenvalue weighted by Crippen LogP contribution is 2.36. The molecule has 1 amide bonds. The Labute approximate surface area is 172 Å². The maximum absolute atomic E-state index is 11.9. The number of rotatable bonds is 6. The molecule has 29 heavy (non-hydrogen) atoms. The number of hydrazone groups is 1. The summed E-state index contributed by atoms with van der Waals surface area (Å²) in [6.07, 6.45) is 1.44. The summed E-state index contributed by atoms with van der Waals surface area (Å²) in [7, 11) is 0. The topological polar surface area (TPSA) is 69.2 Å². The fraction of sp³-hybridized carbons (Fsp3) is 0.0909. The van der Waals surface area contributed by atoms with E-state index in [4.69, 9.17) is 25.8 Å². The Hall–Kier alpha value is -3.51. The van der Waals surface area contributed by atoms with E-state index in [0.29, 0.717) is 27.8 Å². The van der Waals surface area contributed by atoms with E-state index >= 15 is 0 Å². The number of ether oxygens (including phenoxy) is 3. The lowest BCUT2D eigenvalue weighted by Gasteiger charge is -2.07. The van der Waals surface area contributed by atoms with Crippen LogP contribution < -0.4 is 19.6 Å². The summed E-state index contributed by atoms with van der Waals surface area (Å²) in [5.41, 5.74) is 5.21. The second-order valence-corrected chi connectivity index (χ2v) is 6.61. The summed E-state index contributed by atoms with van der Waals surface area (Å²) >= 11 is 6.16. The summed E-state index contributed by atoms with van der Waals surface area (Å²) in [6.45, 7) is 0.00353. The van der Waals surface area contributed by atoms with Gasteiger partial charge in [0.05, 0.1) is 11.2 Å². The number of hydrogen-bond acceptors (Lipinski definition) is 5. The van der Waals surface area contributed by atoms with Crippen LogP contribution >= 0.6 is 11.6 Å². The molecule has 3 aromatic carbocycles. The number of hydrogen-bond donors (Lipinski definition) is 1. The Morgan fingerprint density at radius 2 is 1.72 bits per heavy atom. The number of carbonyl (C=O) groups is 1. The van der Waals surface area contributed by atoms with E-state index in [2.05, 4.69) is 10.5 Å². The van der Waals surface area contributed by atoms with Gasteiger partial charge >= 0.3 is 0 Å². The van der Waals surface area contributed by atoms with Crippen molar-refractivity contribution in [2.45, 2.75) is 0 Å². The van der Waals surface area contributed by atoms with E-state index < -0.39 is 0 Å². The van der Waals surface area contributed by atoms with Crippen molar-refractivity contribution in [1.82, 2.24) is 5.43 Å². The van der Waals surface area contributed by atoms with Crippen LogP contribution in [0.1, 0.15) is 5.56 Å². The third-order valence-corrected chi connectivity index (χ3v) is 4.54. The first-order valence-electron chi connectivity index (χ1n) is 8.88. The minimum Gasteiger partial charge on any atom is -0.484 e. The first kappa shape index (κ1) is 18.8. The largest absolute Gasteiger partial charge is 0.484 e. The number of nitrogens with one attached hydrogen (secondary N) is 1. The highest BCUT2D eigenvalue weighted by molar-refractivity contribution is 6.33. The predicted molar refractivity (Wildman–Crippen MR) is 111 cm³/mol. The van der Waals surface area contributed by atoms with Gasteiger partial charge in [0, 0.05) is 11.6 Å². The highest BCUT2D eigenvalue weighted by Gasteiger charge is 2.15. The molecule has 7 heteroatoms. The molecule has 1 N–H and O–H groups in total. The number of benzene rings is 3. The fourth-order valence-corrected chi connectivity index (χ4v) is 2.96. The Kier molecular flexibility index (Phi) is 5.63. The zero-order chi connectivity index (χ0) is 20.1. The lowest BCUT2D eigenvalue weighted by atomic mass is 10.1. The van der Waals surface area contributed by atoms with Gasteiger partial charge in [-0.15, -0.1) is 0 Å². The molecule has 6 nitrogen and oxygen atoms in total. The molecule has 1 aliphatic heterocycles. The van der Waals surface area contributed by atoms with Crippen molar-refractivity contribution in [3.8, 4) is 28.4 Å². The minimum absolute atomic E-state index is 0.156. The van der Waals surface area contributed by atoms with Crippen LogP contribution in [0.25, 0.3) is 11.1 Å². The van der Waals surface area contributed by atoms with Gasteiger partial charge in [0.15, 0.2) is 18.1 Å². The van der Waals surface area contributed by atoms with Gasteiger partial charge in [0.25, 0.3) is 5.91 Å². The van der Waals surface area contributed by atoms with Gasteiger partial charge in [-0.1, -0.05) is 54.1 Å². The molecule has 146 valence electrons. The SMILES string of the molecule is O=C(COc1ccc(-c2ccccc2)cc1)NN=Cc1cc2c(cc1Cl)OCO2. The van der Waals surface area contributed by atoms with E-state index in [9.17, 15) is 4.79 Å². The molecule has 0 bridgehead atoms. The summed E-state index contributed by atoms with van der Waals surface area (Å²) in [5, 5.41) is 4.35. The maximum Gasteiger partial charge on any atom is 0.277 e.